The lowest BCUT2D eigenvalue weighted by Gasteiger charge is -2.27. The number of carboxylic acid groups (broad SMARTS) is 1. The van der Waals surface area contributed by atoms with Gasteiger partial charge in [0.15, 0.2) is 0 Å². The van der Waals surface area contributed by atoms with Gasteiger partial charge in [0, 0.05) is 13.5 Å². The molecule has 17 heavy (non-hydrogen) atoms. The first kappa shape index (κ1) is 12.4. The van der Waals surface area contributed by atoms with E-state index in [4.69, 9.17) is 5.11 Å². The first-order chi connectivity index (χ1) is 8.09. The summed E-state index contributed by atoms with van der Waals surface area (Å²) in [5.74, 6) is 0.0875. The summed E-state index contributed by atoms with van der Waals surface area (Å²) in [5, 5.41) is 9.15. The van der Waals surface area contributed by atoms with E-state index < -0.39 is 12.0 Å². The van der Waals surface area contributed by atoms with Crippen LogP contribution in [0.2, 0.25) is 0 Å². The van der Waals surface area contributed by atoms with Gasteiger partial charge in [-0.25, -0.2) is 4.79 Å². The minimum absolute atomic E-state index is 0.101. The molecule has 4 nitrogen and oxygen atoms in total. The van der Waals surface area contributed by atoms with E-state index in [1.54, 1.807) is 4.90 Å². The molecule has 96 valence electrons. The maximum Gasteiger partial charge on any atom is 0.326 e. The largest absolute Gasteiger partial charge is 0.480 e. The maximum absolute atomic E-state index is 11.5. The van der Waals surface area contributed by atoms with Crippen LogP contribution in [0.15, 0.2) is 0 Å². The number of nitrogens with zero attached hydrogens (tertiary/aromatic N) is 1. The SMILES string of the molecule is CC(=O)N1C[C@H](C2CCCCC2)C[C@H]1C(=O)O. The third-order valence-corrected chi connectivity index (χ3v) is 4.34. The van der Waals surface area contributed by atoms with E-state index >= 15 is 0 Å². The molecule has 0 aromatic carbocycles. The Kier molecular flexibility index (Phi) is 3.69. The molecule has 0 bridgehead atoms. The van der Waals surface area contributed by atoms with Crippen molar-refractivity contribution in [2.45, 2.75) is 51.5 Å². The second-order valence-electron chi connectivity index (χ2n) is 5.42. The Labute approximate surface area is 102 Å². The summed E-state index contributed by atoms with van der Waals surface area (Å²) in [7, 11) is 0. The molecule has 1 saturated heterocycles. The summed E-state index contributed by atoms with van der Waals surface area (Å²) >= 11 is 0. The fraction of sp³-hybridized carbons (Fsp3) is 0.846. The number of hydrogen-bond donors (Lipinski definition) is 1. The van der Waals surface area contributed by atoms with Crippen LogP contribution in [0.4, 0.5) is 0 Å². The zero-order chi connectivity index (χ0) is 12.4. The summed E-state index contributed by atoms with van der Waals surface area (Å²) in [6.45, 7) is 2.12. The standard InChI is InChI=1S/C13H21NO3/c1-9(15)14-8-11(7-12(14)13(16)17)10-5-3-2-4-6-10/h10-12H,2-8H2,1H3,(H,16,17)/t11-,12+/m1/s1. The zero-order valence-electron chi connectivity index (χ0n) is 10.4. The van der Waals surface area contributed by atoms with Gasteiger partial charge in [-0.05, 0) is 18.3 Å². The van der Waals surface area contributed by atoms with Crippen LogP contribution in [0, 0.1) is 11.8 Å². The van der Waals surface area contributed by atoms with Gasteiger partial charge in [0.2, 0.25) is 5.91 Å². The second kappa shape index (κ2) is 5.07. The number of rotatable bonds is 2. The fourth-order valence-corrected chi connectivity index (χ4v) is 3.40. The average molecular weight is 239 g/mol. The molecule has 1 heterocycles. The number of likely N-dealkylation sites (tertiary alicyclic amines) is 1. The monoisotopic (exact) mass is 239 g/mol. The minimum atomic E-state index is -0.849. The Morgan fingerprint density at radius 2 is 1.76 bits per heavy atom. The molecule has 0 unspecified atom stereocenters. The van der Waals surface area contributed by atoms with Gasteiger partial charge < -0.3 is 10.0 Å². The molecule has 1 aliphatic carbocycles. The molecule has 0 aromatic rings. The van der Waals surface area contributed by atoms with Crippen LogP contribution in [0.5, 0.6) is 0 Å². The summed E-state index contributed by atoms with van der Waals surface area (Å²) in [4.78, 5) is 24.1. The van der Waals surface area contributed by atoms with Crippen molar-refractivity contribution in [2.24, 2.45) is 11.8 Å². The lowest BCUT2D eigenvalue weighted by molar-refractivity contribution is -0.147. The fourth-order valence-electron chi connectivity index (χ4n) is 3.40. The third kappa shape index (κ3) is 2.61. The van der Waals surface area contributed by atoms with Gasteiger partial charge >= 0.3 is 5.97 Å². The first-order valence-corrected chi connectivity index (χ1v) is 6.59. The number of carboxylic acids is 1. The average Bonchev–Trinajstić information content (AvgIpc) is 2.75. The Morgan fingerprint density at radius 3 is 2.24 bits per heavy atom. The minimum Gasteiger partial charge on any atom is -0.480 e. The quantitative estimate of drug-likeness (QED) is 0.800. The van der Waals surface area contributed by atoms with Crippen molar-refractivity contribution < 1.29 is 14.7 Å². The highest BCUT2D eigenvalue weighted by atomic mass is 16.4. The normalized spacial score (nSPS) is 30.5. The highest BCUT2D eigenvalue weighted by Crippen LogP contribution is 2.37. The van der Waals surface area contributed by atoms with Gasteiger partial charge in [-0.15, -0.1) is 0 Å². The number of amides is 1. The van der Waals surface area contributed by atoms with Crippen molar-refractivity contribution in [3.8, 4) is 0 Å². The van der Waals surface area contributed by atoms with Crippen molar-refractivity contribution in [1.82, 2.24) is 4.90 Å². The molecule has 1 saturated carbocycles. The Hall–Kier alpha value is -1.06. The van der Waals surface area contributed by atoms with Crippen LogP contribution >= 0.6 is 0 Å². The lowest BCUT2D eigenvalue weighted by atomic mass is 9.79. The molecule has 1 N–H and O–H groups in total. The van der Waals surface area contributed by atoms with E-state index in [1.807, 2.05) is 0 Å². The molecular weight excluding hydrogens is 218 g/mol. The molecule has 2 rings (SSSR count). The van der Waals surface area contributed by atoms with E-state index in [9.17, 15) is 9.59 Å². The lowest BCUT2D eigenvalue weighted by Crippen LogP contribution is -2.39. The summed E-state index contributed by atoms with van der Waals surface area (Å²) in [6.07, 6.45) is 6.91. The van der Waals surface area contributed by atoms with E-state index in [0.717, 1.165) is 0 Å². The number of hydrogen-bond acceptors (Lipinski definition) is 2. The molecule has 1 amide bonds. The number of carbonyl (C=O) groups excluding carboxylic acids is 1. The summed E-state index contributed by atoms with van der Waals surface area (Å²) < 4.78 is 0. The number of aliphatic carboxylic acids is 1. The molecule has 0 spiro atoms. The first-order valence-electron chi connectivity index (χ1n) is 6.59. The maximum atomic E-state index is 11.5. The Bertz CT molecular complexity index is 288. The van der Waals surface area contributed by atoms with Gasteiger partial charge in [-0.3, -0.25) is 4.79 Å². The molecule has 0 aromatic heterocycles. The van der Waals surface area contributed by atoms with Crippen molar-refractivity contribution in [1.29, 1.82) is 0 Å². The van der Waals surface area contributed by atoms with Gasteiger partial charge in [-0.2, -0.15) is 0 Å². The summed E-state index contributed by atoms with van der Waals surface area (Å²) in [6, 6.07) is -0.584. The molecule has 1 aliphatic heterocycles. The van der Waals surface area contributed by atoms with Gasteiger partial charge in [-0.1, -0.05) is 32.1 Å². The predicted molar refractivity (Wildman–Crippen MR) is 63.5 cm³/mol. The molecular formula is C13H21NO3. The summed E-state index contributed by atoms with van der Waals surface area (Å²) in [5.41, 5.74) is 0. The van der Waals surface area contributed by atoms with Crippen LogP contribution < -0.4 is 0 Å². The Morgan fingerprint density at radius 1 is 1.12 bits per heavy atom. The highest BCUT2D eigenvalue weighted by Gasteiger charge is 2.41. The zero-order valence-corrected chi connectivity index (χ0v) is 10.4. The van der Waals surface area contributed by atoms with Crippen molar-refractivity contribution in [2.75, 3.05) is 6.54 Å². The third-order valence-electron chi connectivity index (χ3n) is 4.34. The predicted octanol–water partition coefficient (Wildman–Crippen LogP) is 1.89. The molecule has 2 aliphatic rings. The van der Waals surface area contributed by atoms with Gasteiger partial charge in [0.25, 0.3) is 0 Å². The molecule has 0 radical (unpaired) electrons. The van der Waals surface area contributed by atoms with Crippen LogP contribution in [0.1, 0.15) is 45.4 Å². The van der Waals surface area contributed by atoms with Crippen LogP contribution in [0.25, 0.3) is 0 Å². The number of carbonyl (C=O) groups is 2. The van der Waals surface area contributed by atoms with Crippen LogP contribution in [-0.4, -0.2) is 34.5 Å². The smallest absolute Gasteiger partial charge is 0.326 e. The molecule has 2 atom stereocenters. The Balaban J connectivity index is 2.02. The molecule has 2 fully saturated rings. The van der Waals surface area contributed by atoms with Crippen LogP contribution in [-0.2, 0) is 9.59 Å². The van der Waals surface area contributed by atoms with Crippen molar-refractivity contribution >= 4 is 11.9 Å². The van der Waals surface area contributed by atoms with E-state index in [-0.39, 0.29) is 5.91 Å². The van der Waals surface area contributed by atoms with E-state index in [1.165, 1.54) is 39.0 Å². The van der Waals surface area contributed by atoms with Gasteiger partial charge in [0.1, 0.15) is 6.04 Å². The van der Waals surface area contributed by atoms with Gasteiger partial charge in [0.05, 0.1) is 0 Å². The van der Waals surface area contributed by atoms with E-state index in [0.29, 0.717) is 24.8 Å². The molecule has 4 heteroatoms. The van der Waals surface area contributed by atoms with E-state index in [2.05, 4.69) is 0 Å². The second-order valence-corrected chi connectivity index (χ2v) is 5.42. The van der Waals surface area contributed by atoms with Crippen molar-refractivity contribution in [3.05, 3.63) is 0 Å². The van der Waals surface area contributed by atoms with Crippen LogP contribution in [0.3, 0.4) is 0 Å². The highest BCUT2D eigenvalue weighted by molar-refractivity contribution is 5.83. The topological polar surface area (TPSA) is 57.6 Å². The van der Waals surface area contributed by atoms with Crippen molar-refractivity contribution in [3.63, 3.8) is 0 Å².